The van der Waals surface area contributed by atoms with Crippen molar-refractivity contribution in [1.29, 1.82) is 0 Å². The maximum absolute atomic E-state index is 11.9. The highest BCUT2D eigenvalue weighted by Gasteiger charge is 2.24. The minimum atomic E-state index is -1.16. The van der Waals surface area contributed by atoms with Gasteiger partial charge in [0.25, 0.3) is 0 Å². The number of hydrogen-bond acceptors (Lipinski definition) is 5. The van der Waals surface area contributed by atoms with Crippen molar-refractivity contribution in [2.24, 2.45) is 0 Å². The van der Waals surface area contributed by atoms with E-state index >= 15 is 0 Å². The first-order valence-electron chi connectivity index (χ1n) is 7.07. The van der Waals surface area contributed by atoms with Crippen molar-refractivity contribution in [2.45, 2.75) is 51.9 Å². The second-order valence-corrected chi connectivity index (χ2v) is 6.12. The van der Waals surface area contributed by atoms with Crippen LogP contribution in [0.1, 0.15) is 33.3 Å². The summed E-state index contributed by atoms with van der Waals surface area (Å²) in [6, 6.07) is 5.70. The van der Waals surface area contributed by atoms with Crippen LogP contribution in [0.3, 0.4) is 0 Å². The second kappa shape index (κ2) is 7.26. The zero-order valence-corrected chi connectivity index (χ0v) is 13.3. The molecule has 122 valence electrons. The summed E-state index contributed by atoms with van der Waals surface area (Å²) in [5.74, 6) is -1.56. The molecule has 0 saturated heterocycles. The first-order valence-corrected chi connectivity index (χ1v) is 7.07. The minimum Gasteiger partial charge on any atom is -0.480 e. The quantitative estimate of drug-likeness (QED) is 0.694. The number of esters is 1. The molecule has 2 atom stereocenters. The summed E-state index contributed by atoms with van der Waals surface area (Å²) in [5.41, 5.74) is 0.521. The summed E-state index contributed by atoms with van der Waals surface area (Å²) in [7, 11) is 0. The molecule has 0 aromatic heterocycles. The molecule has 6 nitrogen and oxygen atoms in total. The molecule has 0 aliphatic rings. The van der Waals surface area contributed by atoms with E-state index in [-0.39, 0.29) is 6.42 Å². The number of para-hydroxylation sites is 1. The van der Waals surface area contributed by atoms with Gasteiger partial charge >= 0.3 is 11.9 Å². The zero-order valence-electron chi connectivity index (χ0n) is 13.3. The van der Waals surface area contributed by atoms with E-state index in [0.29, 0.717) is 11.3 Å². The van der Waals surface area contributed by atoms with Crippen LogP contribution in [0.15, 0.2) is 24.3 Å². The van der Waals surface area contributed by atoms with Crippen LogP contribution < -0.4 is 5.32 Å². The van der Waals surface area contributed by atoms with Crippen molar-refractivity contribution in [3.8, 4) is 0 Å². The Morgan fingerprint density at radius 2 is 1.86 bits per heavy atom. The molecule has 1 aromatic carbocycles. The van der Waals surface area contributed by atoms with Crippen LogP contribution in [0.5, 0.6) is 0 Å². The summed E-state index contributed by atoms with van der Waals surface area (Å²) in [5, 5.41) is 21.4. The van der Waals surface area contributed by atoms with Gasteiger partial charge in [-0.2, -0.15) is 0 Å². The Hall–Kier alpha value is -2.08. The summed E-state index contributed by atoms with van der Waals surface area (Å²) < 4.78 is 5.26. The lowest BCUT2D eigenvalue weighted by molar-refractivity contribution is -0.153. The van der Waals surface area contributed by atoms with Crippen molar-refractivity contribution in [3.05, 3.63) is 29.8 Å². The van der Waals surface area contributed by atoms with Crippen LogP contribution in [0.4, 0.5) is 5.69 Å². The fourth-order valence-electron chi connectivity index (χ4n) is 1.90. The third kappa shape index (κ3) is 5.73. The number of rotatable bonds is 6. The summed E-state index contributed by atoms with van der Waals surface area (Å²) in [6.07, 6.45) is -1.06. The number of aliphatic hydroxyl groups excluding tert-OH is 1. The van der Waals surface area contributed by atoms with Crippen LogP contribution in [0.2, 0.25) is 0 Å². The number of ether oxygens (including phenoxy) is 1. The van der Waals surface area contributed by atoms with Crippen LogP contribution in [-0.4, -0.2) is 39.9 Å². The lowest BCUT2D eigenvalue weighted by Gasteiger charge is -2.22. The van der Waals surface area contributed by atoms with Crippen molar-refractivity contribution in [2.75, 3.05) is 5.32 Å². The first-order chi connectivity index (χ1) is 10.1. The largest absolute Gasteiger partial charge is 0.480 e. The Morgan fingerprint density at radius 1 is 1.27 bits per heavy atom. The molecule has 0 heterocycles. The smallest absolute Gasteiger partial charge is 0.328 e. The number of aliphatic carboxylic acids is 1. The average Bonchev–Trinajstić information content (AvgIpc) is 2.34. The number of anilines is 1. The molecule has 0 aliphatic carbocycles. The van der Waals surface area contributed by atoms with Gasteiger partial charge in [-0.25, -0.2) is 4.79 Å². The third-order valence-corrected chi connectivity index (χ3v) is 2.83. The summed E-state index contributed by atoms with van der Waals surface area (Å²) >= 11 is 0. The lowest BCUT2D eigenvalue weighted by atomic mass is 10.1. The Kier molecular flexibility index (Phi) is 5.93. The van der Waals surface area contributed by atoms with Gasteiger partial charge in [-0.15, -0.1) is 0 Å². The topological polar surface area (TPSA) is 95.9 Å². The van der Waals surface area contributed by atoms with Crippen LogP contribution in [0.25, 0.3) is 0 Å². The maximum atomic E-state index is 11.9. The Bertz CT molecular complexity index is 534. The third-order valence-electron chi connectivity index (χ3n) is 2.83. The van der Waals surface area contributed by atoms with Gasteiger partial charge in [0.1, 0.15) is 5.60 Å². The molecule has 0 amide bonds. The van der Waals surface area contributed by atoms with Gasteiger partial charge in [0.2, 0.25) is 0 Å². The molecular weight excluding hydrogens is 286 g/mol. The molecule has 0 radical (unpaired) electrons. The fourth-order valence-corrected chi connectivity index (χ4v) is 1.90. The highest BCUT2D eigenvalue weighted by Crippen LogP contribution is 2.19. The molecule has 1 rings (SSSR count). The molecule has 0 saturated carbocycles. The SMILES string of the molecule is CC(O)C(Nc1ccccc1CC(=O)OC(C)(C)C)C(=O)O. The molecule has 0 aliphatic heterocycles. The number of carbonyl (C=O) groups is 2. The maximum Gasteiger partial charge on any atom is 0.328 e. The first kappa shape index (κ1) is 18.0. The number of carboxylic acid groups (broad SMARTS) is 1. The molecule has 0 bridgehead atoms. The monoisotopic (exact) mass is 309 g/mol. The van der Waals surface area contributed by atoms with Gasteiger partial charge in [-0.3, -0.25) is 4.79 Å². The van der Waals surface area contributed by atoms with Crippen LogP contribution in [-0.2, 0) is 20.7 Å². The number of carbonyl (C=O) groups excluding carboxylic acids is 1. The van der Waals surface area contributed by atoms with E-state index in [1.807, 2.05) is 0 Å². The Labute approximate surface area is 130 Å². The Balaban J connectivity index is 2.90. The minimum absolute atomic E-state index is 0.0204. The molecule has 2 unspecified atom stereocenters. The number of hydrogen-bond donors (Lipinski definition) is 3. The van der Waals surface area contributed by atoms with Gasteiger partial charge in [-0.05, 0) is 39.3 Å². The number of aliphatic hydroxyl groups is 1. The van der Waals surface area contributed by atoms with E-state index in [4.69, 9.17) is 9.84 Å². The van der Waals surface area contributed by atoms with Gasteiger partial charge in [0.15, 0.2) is 6.04 Å². The number of carboxylic acids is 1. The van der Waals surface area contributed by atoms with E-state index in [0.717, 1.165) is 0 Å². The van der Waals surface area contributed by atoms with Gasteiger partial charge < -0.3 is 20.3 Å². The fraction of sp³-hybridized carbons (Fsp3) is 0.500. The molecule has 1 aromatic rings. The normalized spacial score (nSPS) is 14.0. The predicted octanol–water partition coefficient (Wildman–Crippen LogP) is 1.82. The van der Waals surface area contributed by atoms with E-state index in [2.05, 4.69) is 5.32 Å². The number of nitrogens with one attached hydrogen (secondary N) is 1. The molecule has 3 N–H and O–H groups in total. The Morgan fingerprint density at radius 3 is 2.36 bits per heavy atom. The molecular formula is C16H23NO5. The average molecular weight is 309 g/mol. The highest BCUT2D eigenvalue weighted by molar-refractivity contribution is 5.80. The van der Waals surface area contributed by atoms with Crippen molar-refractivity contribution in [1.82, 2.24) is 0 Å². The molecule has 6 heteroatoms. The van der Waals surface area contributed by atoms with Crippen molar-refractivity contribution >= 4 is 17.6 Å². The van der Waals surface area contributed by atoms with Crippen LogP contribution in [0, 0.1) is 0 Å². The summed E-state index contributed by atoms with van der Waals surface area (Å²) in [4.78, 5) is 23.1. The van der Waals surface area contributed by atoms with Crippen molar-refractivity contribution < 1.29 is 24.5 Å². The van der Waals surface area contributed by atoms with Crippen molar-refractivity contribution in [3.63, 3.8) is 0 Å². The summed E-state index contributed by atoms with van der Waals surface area (Å²) in [6.45, 7) is 6.73. The van der Waals surface area contributed by atoms with Gasteiger partial charge in [-0.1, -0.05) is 18.2 Å². The standard InChI is InChI=1S/C16H23NO5/c1-10(18)14(15(20)21)17-12-8-6-5-7-11(12)9-13(19)22-16(2,3)4/h5-8,10,14,17-18H,9H2,1-4H3,(H,20,21). The van der Waals surface area contributed by atoms with E-state index in [1.165, 1.54) is 6.92 Å². The predicted molar refractivity (Wildman–Crippen MR) is 82.7 cm³/mol. The molecule has 0 spiro atoms. The van der Waals surface area contributed by atoms with E-state index in [9.17, 15) is 14.7 Å². The second-order valence-electron chi connectivity index (χ2n) is 6.12. The van der Waals surface area contributed by atoms with Crippen LogP contribution >= 0.6 is 0 Å². The zero-order chi connectivity index (χ0) is 16.9. The number of benzene rings is 1. The lowest BCUT2D eigenvalue weighted by Crippen LogP contribution is -2.39. The van der Waals surface area contributed by atoms with Gasteiger partial charge in [0, 0.05) is 5.69 Å². The van der Waals surface area contributed by atoms with E-state index in [1.54, 1.807) is 45.0 Å². The molecule has 22 heavy (non-hydrogen) atoms. The van der Waals surface area contributed by atoms with Gasteiger partial charge in [0.05, 0.1) is 12.5 Å². The molecule has 0 fully saturated rings. The van der Waals surface area contributed by atoms with E-state index < -0.39 is 29.7 Å². The highest BCUT2D eigenvalue weighted by atomic mass is 16.6.